The molecule has 0 aliphatic heterocycles. The van der Waals surface area contributed by atoms with E-state index in [1.807, 2.05) is 31.2 Å². The minimum absolute atomic E-state index is 0.0860. The van der Waals surface area contributed by atoms with E-state index in [9.17, 15) is 4.79 Å². The number of nitrogens with one attached hydrogen (secondary N) is 1. The van der Waals surface area contributed by atoms with E-state index in [1.165, 1.54) is 17.3 Å². The van der Waals surface area contributed by atoms with Gasteiger partial charge in [0.2, 0.25) is 11.8 Å². The minimum Gasteiger partial charge on any atom is -0.411 e. The Balaban J connectivity index is 1.94. The number of methoxy groups -OCH3 is 1. The number of ether oxygens (including phenoxy) is 1. The second-order valence-electron chi connectivity index (χ2n) is 4.78. The summed E-state index contributed by atoms with van der Waals surface area (Å²) in [6.45, 7) is 4.78. The number of carbonyl (C=O) groups is 1. The van der Waals surface area contributed by atoms with Crippen molar-refractivity contribution in [3.63, 3.8) is 0 Å². The third-order valence-corrected chi connectivity index (χ3v) is 3.89. The Morgan fingerprint density at radius 2 is 2.09 bits per heavy atom. The molecule has 0 fully saturated rings. The van der Waals surface area contributed by atoms with Gasteiger partial charge < -0.3 is 14.5 Å². The lowest BCUT2D eigenvalue weighted by atomic mass is 10.1. The van der Waals surface area contributed by atoms with Crippen molar-refractivity contribution in [1.29, 1.82) is 0 Å². The van der Waals surface area contributed by atoms with Crippen molar-refractivity contribution < 1.29 is 13.9 Å². The number of nitrogens with zero attached hydrogens (tertiary/aromatic N) is 2. The zero-order chi connectivity index (χ0) is 15.9. The monoisotopic (exact) mass is 321 g/mol. The van der Waals surface area contributed by atoms with Gasteiger partial charge in [-0.3, -0.25) is 4.79 Å². The molecule has 7 heteroatoms. The van der Waals surface area contributed by atoms with Gasteiger partial charge in [0.05, 0.1) is 11.9 Å². The number of aromatic nitrogens is 2. The smallest absolute Gasteiger partial charge is 0.277 e. The van der Waals surface area contributed by atoms with Crippen LogP contribution in [-0.2, 0) is 9.53 Å². The Hall–Kier alpha value is -1.86. The topological polar surface area (TPSA) is 77.2 Å². The van der Waals surface area contributed by atoms with Gasteiger partial charge in [0, 0.05) is 19.2 Å². The van der Waals surface area contributed by atoms with Gasteiger partial charge in [-0.25, -0.2) is 0 Å². The third-order valence-electron chi connectivity index (χ3n) is 2.96. The van der Waals surface area contributed by atoms with E-state index in [-0.39, 0.29) is 11.2 Å². The Labute approximate surface area is 133 Å². The van der Waals surface area contributed by atoms with Crippen molar-refractivity contribution in [2.75, 3.05) is 20.3 Å². The highest BCUT2D eigenvalue weighted by molar-refractivity contribution is 8.00. The summed E-state index contributed by atoms with van der Waals surface area (Å²) in [5.74, 6) is 0.367. The SMILES string of the molecule is COCCNC(=O)[C@@H](C)Sc1nnc(-c2ccc(C)cc2)o1. The molecule has 0 saturated heterocycles. The first-order valence-corrected chi connectivity index (χ1v) is 7.82. The van der Waals surface area contributed by atoms with Crippen LogP contribution in [0.3, 0.4) is 0 Å². The van der Waals surface area contributed by atoms with Crippen molar-refractivity contribution in [2.45, 2.75) is 24.3 Å². The molecule has 1 amide bonds. The van der Waals surface area contributed by atoms with Gasteiger partial charge in [0.15, 0.2) is 0 Å². The van der Waals surface area contributed by atoms with Gasteiger partial charge in [-0.05, 0) is 26.0 Å². The summed E-state index contributed by atoms with van der Waals surface area (Å²) in [4.78, 5) is 11.9. The first-order valence-electron chi connectivity index (χ1n) is 6.94. The number of benzene rings is 1. The van der Waals surface area contributed by atoms with Crippen LogP contribution in [0.2, 0.25) is 0 Å². The van der Waals surface area contributed by atoms with Crippen LogP contribution in [0.1, 0.15) is 12.5 Å². The molecule has 22 heavy (non-hydrogen) atoms. The van der Waals surface area contributed by atoms with Crippen LogP contribution < -0.4 is 5.32 Å². The lowest BCUT2D eigenvalue weighted by Gasteiger charge is -2.08. The van der Waals surface area contributed by atoms with E-state index in [4.69, 9.17) is 9.15 Å². The second-order valence-corrected chi connectivity index (χ2v) is 6.08. The molecule has 0 saturated carbocycles. The number of rotatable bonds is 7. The standard InChI is InChI=1S/C15H19N3O3S/c1-10-4-6-12(7-5-10)14-17-18-15(21-14)22-11(2)13(19)16-8-9-20-3/h4-7,11H,8-9H2,1-3H3,(H,16,19)/t11-/m1/s1. The van der Waals surface area contributed by atoms with E-state index in [0.717, 1.165) is 5.56 Å². The summed E-state index contributed by atoms with van der Waals surface area (Å²) in [5, 5.41) is 10.8. The largest absolute Gasteiger partial charge is 0.411 e. The predicted octanol–water partition coefficient (Wildman–Crippen LogP) is 2.29. The summed E-state index contributed by atoms with van der Waals surface area (Å²) in [7, 11) is 1.59. The van der Waals surface area contributed by atoms with E-state index in [1.54, 1.807) is 14.0 Å². The number of hydrogen-bond acceptors (Lipinski definition) is 6. The first-order chi connectivity index (χ1) is 10.6. The maximum atomic E-state index is 11.9. The fraction of sp³-hybridized carbons (Fsp3) is 0.400. The van der Waals surface area contributed by atoms with Crippen molar-refractivity contribution in [3.8, 4) is 11.5 Å². The average Bonchev–Trinajstić information content (AvgIpc) is 2.96. The Bertz CT molecular complexity index is 613. The van der Waals surface area contributed by atoms with E-state index in [0.29, 0.717) is 24.3 Å². The van der Waals surface area contributed by atoms with Gasteiger partial charge in [0.25, 0.3) is 5.22 Å². The van der Waals surface area contributed by atoms with Crippen LogP contribution in [0.25, 0.3) is 11.5 Å². The van der Waals surface area contributed by atoms with Crippen LogP contribution in [-0.4, -0.2) is 41.6 Å². The summed E-state index contributed by atoms with van der Waals surface area (Å²) in [6, 6.07) is 7.83. The van der Waals surface area contributed by atoms with Crippen molar-refractivity contribution in [1.82, 2.24) is 15.5 Å². The molecule has 1 aromatic heterocycles. The van der Waals surface area contributed by atoms with Crippen LogP contribution in [0.5, 0.6) is 0 Å². The number of carbonyl (C=O) groups excluding carboxylic acids is 1. The van der Waals surface area contributed by atoms with Gasteiger partial charge in [0.1, 0.15) is 0 Å². The summed E-state index contributed by atoms with van der Waals surface area (Å²) < 4.78 is 10.5. The molecule has 1 atom stereocenters. The molecule has 0 spiro atoms. The molecule has 6 nitrogen and oxygen atoms in total. The summed E-state index contributed by atoms with van der Waals surface area (Å²) in [5.41, 5.74) is 2.03. The molecular weight excluding hydrogens is 302 g/mol. The quantitative estimate of drug-likeness (QED) is 0.623. The molecule has 1 N–H and O–H groups in total. The second kappa shape index (κ2) is 7.95. The lowest BCUT2D eigenvalue weighted by Crippen LogP contribution is -2.33. The summed E-state index contributed by atoms with van der Waals surface area (Å²) in [6.07, 6.45) is 0. The normalized spacial score (nSPS) is 12.1. The molecule has 118 valence electrons. The molecule has 0 unspecified atom stereocenters. The van der Waals surface area contributed by atoms with Crippen LogP contribution in [0.4, 0.5) is 0 Å². The summed E-state index contributed by atoms with van der Waals surface area (Å²) >= 11 is 1.24. The Morgan fingerprint density at radius 3 is 2.77 bits per heavy atom. The van der Waals surface area contributed by atoms with Crippen LogP contribution >= 0.6 is 11.8 Å². The highest BCUT2D eigenvalue weighted by Crippen LogP contribution is 2.26. The molecule has 0 bridgehead atoms. The highest BCUT2D eigenvalue weighted by atomic mass is 32.2. The number of thioether (sulfide) groups is 1. The first kappa shape index (κ1) is 16.5. The zero-order valence-corrected chi connectivity index (χ0v) is 13.6. The molecule has 1 heterocycles. The van der Waals surface area contributed by atoms with Crippen molar-refractivity contribution in [2.24, 2.45) is 0 Å². The number of hydrogen-bond donors (Lipinski definition) is 1. The van der Waals surface area contributed by atoms with Gasteiger partial charge in [-0.15, -0.1) is 10.2 Å². The predicted molar refractivity (Wildman–Crippen MR) is 84.7 cm³/mol. The van der Waals surface area contributed by atoms with Crippen LogP contribution in [0, 0.1) is 6.92 Å². The minimum atomic E-state index is -0.317. The molecule has 2 rings (SSSR count). The lowest BCUT2D eigenvalue weighted by molar-refractivity contribution is -0.120. The molecule has 0 radical (unpaired) electrons. The highest BCUT2D eigenvalue weighted by Gasteiger charge is 2.18. The maximum absolute atomic E-state index is 11.9. The van der Waals surface area contributed by atoms with E-state index < -0.39 is 0 Å². The third kappa shape index (κ3) is 4.57. The van der Waals surface area contributed by atoms with Crippen molar-refractivity contribution in [3.05, 3.63) is 29.8 Å². The van der Waals surface area contributed by atoms with Crippen molar-refractivity contribution >= 4 is 17.7 Å². The molecular formula is C15H19N3O3S. The average molecular weight is 321 g/mol. The molecule has 0 aliphatic carbocycles. The zero-order valence-electron chi connectivity index (χ0n) is 12.8. The molecule has 0 aliphatic rings. The number of amides is 1. The maximum Gasteiger partial charge on any atom is 0.277 e. The fourth-order valence-electron chi connectivity index (χ4n) is 1.69. The molecule has 1 aromatic carbocycles. The fourth-order valence-corrected chi connectivity index (χ4v) is 2.40. The number of aryl methyl sites for hydroxylation is 1. The van der Waals surface area contributed by atoms with Gasteiger partial charge in [-0.2, -0.15) is 0 Å². The van der Waals surface area contributed by atoms with E-state index in [2.05, 4.69) is 15.5 Å². The van der Waals surface area contributed by atoms with Crippen LogP contribution in [0.15, 0.2) is 33.9 Å². The van der Waals surface area contributed by atoms with Gasteiger partial charge in [-0.1, -0.05) is 29.5 Å². The Kier molecular flexibility index (Phi) is 5.97. The van der Waals surface area contributed by atoms with E-state index >= 15 is 0 Å². The van der Waals surface area contributed by atoms with Gasteiger partial charge >= 0.3 is 0 Å². The Morgan fingerprint density at radius 1 is 1.36 bits per heavy atom. The molecule has 2 aromatic rings.